The molecule has 1 atom stereocenters. The zero-order valence-corrected chi connectivity index (χ0v) is 14.3. The minimum Gasteiger partial charge on any atom is -0.383 e. The first-order chi connectivity index (χ1) is 8.77. The largest absolute Gasteiger partial charge is 0.383 e. The Hall–Kier alpha value is -0.530. The van der Waals surface area contributed by atoms with Gasteiger partial charge in [-0.15, -0.1) is 5.10 Å². The van der Waals surface area contributed by atoms with Crippen molar-refractivity contribution >= 4 is 33.4 Å². The van der Waals surface area contributed by atoms with Gasteiger partial charge >= 0.3 is 0 Å². The monoisotopic (exact) mass is 349 g/mol. The number of amides is 1. The van der Waals surface area contributed by atoms with Crippen molar-refractivity contribution in [2.75, 3.05) is 27.3 Å². The summed E-state index contributed by atoms with van der Waals surface area (Å²) in [4.78, 5) is 14.8. The molecule has 0 spiro atoms. The fourth-order valence-electron chi connectivity index (χ4n) is 1.61. The Balaban J connectivity index is 2.81. The SMILES string of the molecule is COCC(Br)CN(C)C(=O)c1snnc1C(C)(C)C. The van der Waals surface area contributed by atoms with Crippen molar-refractivity contribution in [1.82, 2.24) is 14.5 Å². The van der Waals surface area contributed by atoms with Gasteiger partial charge in [-0.3, -0.25) is 4.79 Å². The summed E-state index contributed by atoms with van der Waals surface area (Å²) < 4.78 is 8.96. The highest BCUT2D eigenvalue weighted by molar-refractivity contribution is 9.09. The minimum absolute atomic E-state index is 0.0412. The van der Waals surface area contributed by atoms with Crippen LogP contribution in [0.15, 0.2) is 0 Å². The summed E-state index contributed by atoms with van der Waals surface area (Å²) in [6.07, 6.45) is 0. The van der Waals surface area contributed by atoms with Gasteiger partial charge in [0.2, 0.25) is 0 Å². The molecule has 0 aromatic carbocycles. The number of ether oxygens (including phenoxy) is 1. The van der Waals surface area contributed by atoms with Crippen LogP contribution in [-0.2, 0) is 10.2 Å². The molecule has 19 heavy (non-hydrogen) atoms. The fraction of sp³-hybridized carbons (Fsp3) is 0.750. The number of nitrogens with zero attached hydrogens (tertiary/aromatic N) is 3. The Labute approximate surface area is 126 Å². The molecule has 0 aliphatic carbocycles. The summed E-state index contributed by atoms with van der Waals surface area (Å²) in [7, 11) is 3.42. The van der Waals surface area contributed by atoms with Crippen LogP contribution in [0.25, 0.3) is 0 Å². The van der Waals surface area contributed by atoms with E-state index in [1.807, 2.05) is 20.8 Å². The molecular formula is C12H20BrN3O2S. The lowest BCUT2D eigenvalue weighted by atomic mass is 9.91. The first-order valence-corrected chi connectivity index (χ1v) is 7.67. The van der Waals surface area contributed by atoms with Crippen molar-refractivity contribution in [1.29, 1.82) is 0 Å². The van der Waals surface area contributed by atoms with Crippen LogP contribution in [0, 0.1) is 0 Å². The van der Waals surface area contributed by atoms with E-state index in [0.717, 1.165) is 17.2 Å². The number of methoxy groups -OCH3 is 1. The van der Waals surface area contributed by atoms with Crippen molar-refractivity contribution in [3.05, 3.63) is 10.6 Å². The number of halogens is 1. The van der Waals surface area contributed by atoms with Crippen LogP contribution in [0.5, 0.6) is 0 Å². The van der Waals surface area contributed by atoms with Crippen LogP contribution in [0.2, 0.25) is 0 Å². The standard InChI is InChI=1S/C12H20BrN3O2S/c1-12(2,3)10-9(19-15-14-10)11(17)16(4)6-8(13)7-18-5/h8H,6-7H2,1-5H3. The van der Waals surface area contributed by atoms with Gasteiger partial charge in [-0.2, -0.15) is 0 Å². The molecule has 1 aromatic heterocycles. The highest BCUT2D eigenvalue weighted by atomic mass is 79.9. The van der Waals surface area contributed by atoms with Gasteiger partial charge in [0.25, 0.3) is 5.91 Å². The Bertz CT molecular complexity index is 431. The highest BCUT2D eigenvalue weighted by Gasteiger charge is 2.28. The second kappa shape index (κ2) is 6.76. The maximum Gasteiger partial charge on any atom is 0.267 e. The van der Waals surface area contributed by atoms with Crippen LogP contribution in [0.3, 0.4) is 0 Å². The number of hydrogen-bond donors (Lipinski definition) is 0. The molecule has 0 fully saturated rings. The second-order valence-electron chi connectivity index (χ2n) is 5.44. The van der Waals surface area contributed by atoms with E-state index in [1.54, 1.807) is 19.1 Å². The van der Waals surface area contributed by atoms with Crippen molar-refractivity contribution in [3.8, 4) is 0 Å². The molecule has 0 aliphatic rings. The normalized spacial score (nSPS) is 13.4. The number of rotatable bonds is 5. The molecule has 0 N–H and O–H groups in total. The van der Waals surface area contributed by atoms with Crippen molar-refractivity contribution in [2.45, 2.75) is 31.0 Å². The zero-order chi connectivity index (χ0) is 14.6. The molecule has 0 radical (unpaired) electrons. The first-order valence-electron chi connectivity index (χ1n) is 5.98. The number of hydrogen-bond acceptors (Lipinski definition) is 5. The molecule has 1 rings (SSSR count). The van der Waals surface area contributed by atoms with Gasteiger partial charge < -0.3 is 9.64 Å². The second-order valence-corrected chi connectivity index (χ2v) is 7.49. The van der Waals surface area contributed by atoms with Crippen molar-refractivity contribution in [3.63, 3.8) is 0 Å². The molecule has 7 heteroatoms. The maximum absolute atomic E-state index is 12.4. The van der Waals surface area contributed by atoms with Crippen LogP contribution < -0.4 is 0 Å². The summed E-state index contributed by atoms with van der Waals surface area (Å²) in [5.74, 6) is -0.0412. The van der Waals surface area contributed by atoms with Crippen molar-refractivity contribution in [2.24, 2.45) is 0 Å². The van der Waals surface area contributed by atoms with Crippen LogP contribution >= 0.6 is 27.5 Å². The molecular weight excluding hydrogens is 330 g/mol. The lowest BCUT2D eigenvalue weighted by Gasteiger charge is -2.22. The van der Waals surface area contributed by atoms with Crippen molar-refractivity contribution < 1.29 is 9.53 Å². The van der Waals surface area contributed by atoms with Gasteiger partial charge in [0.05, 0.1) is 17.1 Å². The van der Waals surface area contributed by atoms with E-state index >= 15 is 0 Å². The Morgan fingerprint density at radius 3 is 2.68 bits per heavy atom. The zero-order valence-electron chi connectivity index (χ0n) is 11.9. The van der Waals surface area contributed by atoms with E-state index < -0.39 is 0 Å². The number of alkyl halides is 1. The molecule has 0 saturated carbocycles. The van der Waals surface area contributed by atoms with E-state index in [-0.39, 0.29) is 16.1 Å². The summed E-state index contributed by atoms with van der Waals surface area (Å²) in [5, 5.41) is 4.09. The molecule has 1 amide bonds. The molecule has 0 aliphatic heterocycles. The topological polar surface area (TPSA) is 55.3 Å². The van der Waals surface area contributed by atoms with Gasteiger partial charge in [-0.25, -0.2) is 0 Å². The predicted octanol–water partition coefficient (Wildman–Crippen LogP) is 2.32. The van der Waals surface area contributed by atoms with Gasteiger partial charge in [-0.1, -0.05) is 41.2 Å². The van der Waals surface area contributed by atoms with Gasteiger partial charge in [0, 0.05) is 26.1 Å². The third-order valence-electron chi connectivity index (χ3n) is 2.56. The molecule has 5 nitrogen and oxygen atoms in total. The first kappa shape index (κ1) is 16.5. The Morgan fingerprint density at radius 2 is 2.16 bits per heavy atom. The lowest BCUT2D eigenvalue weighted by molar-refractivity contribution is 0.0786. The van der Waals surface area contributed by atoms with E-state index in [4.69, 9.17) is 4.74 Å². The molecule has 1 unspecified atom stereocenters. The van der Waals surface area contributed by atoms with E-state index in [1.165, 1.54) is 0 Å². The summed E-state index contributed by atoms with van der Waals surface area (Å²) in [5.41, 5.74) is 0.575. The highest BCUT2D eigenvalue weighted by Crippen LogP contribution is 2.26. The number of aromatic nitrogens is 2. The quantitative estimate of drug-likeness (QED) is 0.765. The third-order valence-corrected chi connectivity index (χ3v) is 3.83. The number of carbonyl (C=O) groups is 1. The van der Waals surface area contributed by atoms with Gasteiger partial charge in [0.1, 0.15) is 4.88 Å². The molecule has 1 aromatic rings. The Morgan fingerprint density at radius 1 is 1.53 bits per heavy atom. The summed E-state index contributed by atoms with van der Waals surface area (Å²) in [6, 6.07) is 0. The van der Waals surface area contributed by atoms with Gasteiger partial charge in [0.15, 0.2) is 0 Å². The predicted molar refractivity (Wildman–Crippen MR) is 80.2 cm³/mol. The fourth-order valence-corrected chi connectivity index (χ4v) is 3.18. The van der Waals surface area contributed by atoms with Crippen LogP contribution in [0.1, 0.15) is 36.1 Å². The van der Waals surface area contributed by atoms with E-state index in [0.29, 0.717) is 18.0 Å². The molecule has 108 valence electrons. The molecule has 1 heterocycles. The molecule has 0 bridgehead atoms. The summed E-state index contributed by atoms with van der Waals surface area (Å²) in [6.45, 7) is 7.22. The Kier molecular flexibility index (Phi) is 5.88. The third kappa shape index (κ3) is 4.50. The molecule has 0 saturated heterocycles. The maximum atomic E-state index is 12.4. The summed E-state index contributed by atoms with van der Waals surface area (Å²) >= 11 is 4.64. The van der Waals surface area contributed by atoms with Crippen LogP contribution in [-0.4, -0.2) is 52.5 Å². The average Bonchev–Trinajstić information content (AvgIpc) is 2.76. The lowest BCUT2D eigenvalue weighted by Crippen LogP contribution is -2.34. The smallest absolute Gasteiger partial charge is 0.267 e. The van der Waals surface area contributed by atoms with E-state index in [2.05, 4.69) is 25.5 Å². The van der Waals surface area contributed by atoms with Crippen LogP contribution in [0.4, 0.5) is 0 Å². The van der Waals surface area contributed by atoms with E-state index in [9.17, 15) is 4.79 Å². The minimum atomic E-state index is -0.181. The average molecular weight is 350 g/mol. The number of carbonyl (C=O) groups excluding carboxylic acids is 1. The van der Waals surface area contributed by atoms with Gasteiger partial charge in [-0.05, 0) is 11.5 Å².